The number of para-hydroxylation sites is 1. The maximum atomic E-state index is 13.3. The Balaban J connectivity index is 2.64. The summed E-state index contributed by atoms with van der Waals surface area (Å²) in [6, 6.07) is 6.66. The number of benzene rings is 1. The van der Waals surface area contributed by atoms with Gasteiger partial charge in [-0.25, -0.2) is 0 Å². The summed E-state index contributed by atoms with van der Waals surface area (Å²) in [5.74, 6) is -3.02. The van der Waals surface area contributed by atoms with E-state index in [1.54, 1.807) is 24.3 Å². The van der Waals surface area contributed by atoms with Crippen LogP contribution in [0, 0.1) is 0 Å². The van der Waals surface area contributed by atoms with Gasteiger partial charge in [-0.3, -0.25) is 0 Å². The van der Waals surface area contributed by atoms with Crippen molar-refractivity contribution in [2.45, 2.75) is 5.92 Å². The van der Waals surface area contributed by atoms with E-state index in [1.165, 1.54) is 0 Å². The Morgan fingerprint density at radius 3 is 2.71 bits per heavy atom. The van der Waals surface area contributed by atoms with Crippen LogP contribution >= 0.6 is 0 Å². The van der Waals surface area contributed by atoms with Crippen molar-refractivity contribution < 1.29 is 13.2 Å². The van der Waals surface area contributed by atoms with E-state index < -0.39 is 12.5 Å². The van der Waals surface area contributed by atoms with Crippen molar-refractivity contribution in [1.29, 1.82) is 0 Å². The average molecular weight is 197 g/mol. The highest BCUT2D eigenvalue weighted by atomic mass is 19.3. The van der Waals surface area contributed by atoms with Gasteiger partial charge in [0, 0.05) is 5.39 Å². The summed E-state index contributed by atoms with van der Waals surface area (Å²) in [6.07, 6.45) is 1.07. The maximum absolute atomic E-state index is 13.3. The Hall–Kier alpha value is -1.42. The van der Waals surface area contributed by atoms with Gasteiger partial charge in [-0.05, 0) is 6.07 Å². The standard InChI is InChI=1S/C10H9F2NO/c11-10(12,6-13)8-5-14-9-4-2-1-3-7(8)9/h1-5H,6,13H2. The van der Waals surface area contributed by atoms with Crippen molar-refractivity contribution in [2.75, 3.05) is 6.54 Å². The molecule has 2 N–H and O–H groups in total. The highest BCUT2D eigenvalue weighted by Gasteiger charge is 2.33. The minimum absolute atomic E-state index is 0.143. The van der Waals surface area contributed by atoms with Gasteiger partial charge in [0.2, 0.25) is 0 Å². The fourth-order valence-electron chi connectivity index (χ4n) is 1.37. The third-order valence-electron chi connectivity index (χ3n) is 2.13. The largest absolute Gasteiger partial charge is 0.464 e. The van der Waals surface area contributed by atoms with Crippen LogP contribution in [0.4, 0.5) is 8.78 Å². The number of rotatable bonds is 2. The van der Waals surface area contributed by atoms with Crippen molar-refractivity contribution in [1.82, 2.24) is 0 Å². The fourth-order valence-corrected chi connectivity index (χ4v) is 1.37. The lowest BCUT2D eigenvalue weighted by atomic mass is 10.1. The third-order valence-corrected chi connectivity index (χ3v) is 2.13. The molecule has 0 bridgehead atoms. The first-order chi connectivity index (χ1) is 6.65. The molecule has 4 heteroatoms. The summed E-state index contributed by atoms with van der Waals surface area (Å²) < 4.78 is 31.5. The van der Waals surface area contributed by atoms with Gasteiger partial charge in [0.05, 0.1) is 12.1 Å². The summed E-state index contributed by atoms with van der Waals surface area (Å²) in [5.41, 5.74) is 5.31. The van der Waals surface area contributed by atoms with Gasteiger partial charge in [0.15, 0.2) is 0 Å². The molecule has 1 aromatic carbocycles. The molecule has 0 radical (unpaired) electrons. The predicted octanol–water partition coefficient (Wildman–Crippen LogP) is 2.48. The molecule has 2 aromatic rings. The summed E-state index contributed by atoms with van der Waals surface area (Å²) in [6.45, 7) is -0.712. The fraction of sp³-hybridized carbons (Fsp3) is 0.200. The first-order valence-electron chi connectivity index (χ1n) is 4.20. The predicted molar refractivity (Wildman–Crippen MR) is 49.2 cm³/mol. The molecule has 74 valence electrons. The van der Waals surface area contributed by atoms with Crippen LogP contribution in [0.15, 0.2) is 34.9 Å². The van der Waals surface area contributed by atoms with Gasteiger partial charge in [0.25, 0.3) is 5.92 Å². The molecule has 1 aromatic heterocycles. The van der Waals surface area contributed by atoms with Crippen molar-refractivity contribution in [2.24, 2.45) is 5.73 Å². The number of fused-ring (bicyclic) bond motifs is 1. The van der Waals surface area contributed by atoms with Crippen LogP contribution in [-0.4, -0.2) is 6.54 Å². The van der Waals surface area contributed by atoms with E-state index in [1.807, 2.05) is 0 Å². The minimum atomic E-state index is -3.02. The second-order valence-corrected chi connectivity index (χ2v) is 3.05. The monoisotopic (exact) mass is 197 g/mol. The zero-order valence-corrected chi connectivity index (χ0v) is 7.34. The van der Waals surface area contributed by atoms with Crippen molar-refractivity contribution in [3.63, 3.8) is 0 Å². The Morgan fingerprint density at radius 2 is 2.00 bits per heavy atom. The number of hydrogen-bond donors (Lipinski definition) is 1. The van der Waals surface area contributed by atoms with Crippen LogP contribution in [-0.2, 0) is 5.92 Å². The SMILES string of the molecule is NCC(F)(F)c1coc2ccccc12. The molecular formula is C10H9F2NO. The van der Waals surface area contributed by atoms with E-state index in [-0.39, 0.29) is 5.56 Å². The molecule has 0 aliphatic heterocycles. The Morgan fingerprint density at radius 1 is 1.29 bits per heavy atom. The van der Waals surface area contributed by atoms with Crippen molar-refractivity contribution in [3.05, 3.63) is 36.1 Å². The molecule has 2 nitrogen and oxygen atoms in total. The summed E-state index contributed by atoms with van der Waals surface area (Å²) in [4.78, 5) is 0. The quantitative estimate of drug-likeness (QED) is 0.803. The van der Waals surface area contributed by atoms with Crippen molar-refractivity contribution >= 4 is 11.0 Å². The van der Waals surface area contributed by atoms with Crippen LogP contribution in [0.2, 0.25) is 0 Å². The van der Waals surface area contributed by atoms with Gasteiger partial charge in [-0.15, -0.1) is 0 Å². The Kier molecular flexibility index (Phi) is 2.00. The lowest BCUT2D eigenvalue weighted by Crippen LogP contribution is -2.24. The Bertz CT molecular complexity index is 450. The lowest BCUT2D eigenvalue weighted by Gasteiger charge is -2.11. The smallest absolute Gasteiger partial charge is 0.288 e. The molecule has 0 fully saturated rings. The molecule has 0 saturated carbocycles. The van der Waals surface area contributed by atoms with Crippen LogP contribution < -0.4 is 5.73 Å². The van der Waals surface area contributed by atoms with E-state index in [2.05, 4.69) is 0 Å². The summed E-state index contributed by atoms with van der Waals surface area (Å²) in [7, 11) is 0. The van der Waals surface area contributed by atoms with Crippen molar-refractivity contribution in [3.8, 4) is 0 Å². The molecule has 0 aliphatic rings. The molecule has 1 heterocycles. The molecule has 0 aliphatic carbocycles. The highest BCUT2D eigenvalue weighted by Crippen LogP contribution is 2.33. The lowest BCUT2D eigenvalue weighted by molar-refractivity contribution is 0.00674. The molecule has 0 atom stereocenters. The number of alkyl halides is 2. The summed E-state index contributed by atoms with van der Waals surface area (Å²) in [5, 5.41) is 0.419. The zero-order chi connectivity index (χ0) is 10.2. The molecule has 0 amide bonds. The van der Waals surface area contributed by atoms with E-state index in [9.17, 15) is 8.78 Å². The molecule has 0 saturated heterocycles. The molecule has 0 spiro atoms. The molecular weight excluding hydrogens is 188 g/mol. The number of hydrogen-bond acceptors (Lipinski definition) is 2. The normalized spacial score (nSPS) is 12.2. The van der Waals surface area contributed by atoms with Gasteiger partial charge >= 0.3 is 0 Å². The first-order valence-corrected chi connectivity index (χ1v) is 4.20. The Labute approximate surface area is 79.3 Å². The van der Waals surface area contributed by atoms with Crippen LogP contribution in [0.5, 0.6) is 0 Å². The average Bonchev–Trinajstić information content (AvgIpc) is 2.61. The van der Waals surface area contributed by atoms with Gasteiger partial charge in [0.1, 0.15) is 11.8 Å². The van der Waals surface area contributed by atoms with Gasteiger partial charge in [-0.2, -0.15) is 8.78 Å². The van der Waals surface area contributed by atoms with Crippen LogP contribution in [0.1, 0.15) is 5.56 Å². The second kappa shape index (κ2) is 3.06. The zero-order valence-electron chi connectivity index (χ0n) is 7.34. The maximum Gasteiger partial charge on any atom is 0.288 e. The molecule has 0 unspecified atom stereocenters. The van der Waals surface area contributed by atoms with Crippen LogP contribution in [0.3, 0.4) is 0 Å². The first kappa shape index (κ1) is 9.15. The van der Waals surface area contributed by atoms with Gasteiger partial charge < -0.3 is 10.2 Å². The van der Waals surface area contributed by atoms with E-state index >= 15 is 0 Å². The topological polar surface area (TPSA) is 39.2 Å². The van der Waals surface area contributed by atoms with E-state index in [4.69, 9.17) is 10.2 Å². The number of halogens is 2. The number of nitrogens with two attached hydrogens (primary N) is 1. The van der Waals surface area contributed by atoms with E-state index in [0.29, 0.717) is 11.0 Å². The molecule has 14 heavy (non-hydrogen) atoms. The van der Waals surface area contributed by atoms with E-state index in [0.717, 1.165) is 6.26 Å². The molecule has 2 rings (SSSR count). The van der Waals surface area contributed by atoms with Gasteiger partial charge in [-0.1, -0.05) is 18.2 Å². The summed E-state index contributed by atoms with van der Waals surface area (Å²) >= 11 is 0. The number of furan rings is 1. The second-order valence-electron chi connectivity index (χ2n) is 3.05. The van der Waals surface area contributed by atoms with Crippen LogP contribution in [0.25, 0.3) is 11.0 Å². The minimum Gasteiger partial charge on any atom is -0.464 e. The highest BCUT2D eigenvalue weighted by molar-refractivity contribution is 5.81. The third kappa shape index (κ3) is 1.28.